The zero-order chi connectivity index (χ0) is 49.3. The number of hydrogen-bond donors (Lipinski definition) is 4. The lowest BCUT2D eigenvalue weighted by Gasteiger charge is -2.43. The topological polar surface area (TPSA) is 193 Å². The van der Waals surface area contributed by atoms with E-state index in [0.29, 0.717) is 35.8 Å². The van der Waals surface area contributed by atoms with E-state index in [1.165, 1.54) is 37.1 Å². The van der Waals surface area contributed by atoms with Gasteiger partial charge in [0.1, 0.15) is 17.6 Å². The van der Waals surface area contributed by atoms with Crippen LogP contribution < -0.4 is 20.3 Å². The van der Waals surface area contributed by atoms with E-state index in [2.05, 4.69) is 46.3 Å². The summed E-state index contributed by atoms with van der Waals surface area (Å²) in [6, 6.07) is 14.9. The molecule has 2 aromatic carbocycles. The van der Waals surface area contributed by atoms with Crippen molar-refractivity contribution in [2.75, 3.05) is 61.8 Å². The SMILES string of the molecule is O=C(O)C(F)(F)F.O=C1CCC(N2Cc3c(SCCCCCCN4CCN(C5CCN(c6ncc(C(=O)Nc7ccc(OC(F)(F)Cl)cc7)cc6-c6ccn[nH]6)CC5)CC4)cccc3C2=O)C(=O)N1. The molecule has 23 heteroatoms. The predicted octanol–water partition coefficient (Wildman–Crippen LogP) is 7.23. The standard InChI is InChI=1S/C44H50ClF2N9O5S.C2HF3O2/c45-44(46,47)61-32-10-8-30(9-11-32)50-41(58)29-26-34(36-14-17-49-52-36)40(48-27-29)55-19-15-31(16-20-55)54-23-21-53(22-24-54)18-3-1-2-4-25-62-38-7-5-6-33-35(38)28-56(43(33)60)37-12-13-39(57)51-42(37)59;3-2(4,5)1(6)7/h5-11,14,17,26-27,31,37H,1-4,12-13,15-16,18-25,28H2,(H,49,52)(H,50,58)(H,51,57,59);(H,6,7). The number of carboxylic acid groups (broad SMARTS) is 1. The number of fused-ring (bicyclic) bond motifs is 1. The number of nitrogens with one attached hydrogen (secondary N) is 3. The summed E-state index contributed by atoms with van der Waals surface area (Å²) in [5.41, 5.74) is 0.0815. The van der Waals surface area contributed by atoms with Crippen LogP contribution in [0.4, 0.5) is 33.5 Å². The van der Waals surface area contributed by atoms with Gasteiger partial charge in [0.15, 0.2) is 0 Å². The summed E-state index contributed by atoms with van der Waals surface area (Å²) in [4.78, 5) is 74.4. The van der Waals surface area contributed by atoms with Gasteiger partial charge in [-0.25, -0.2) is 9.78 Å². The maximum atomic E-state index is 13.2. The molecule has 3 fully saturated rings. The number of imide groups is 1. The zero-order valence-corrected chi connectivity index (χ0v) is 38.9. The Hall–Kier alpha value is -5.84. The second kappa shape index (κ2) is 22.7. The molecule has 0 radical (unpaired) electrons. The lowest BCUT2D eigenvalue weighted by atomic mass is 10.0. The van der Waals surface area contributed by atoms with Crippen LogP contribution in [0.3, 0.4) is 0 Å². The lowest BCUT2D eigenvalue weighted by Crippen LogP contribution is -2.53. The highest BCUT2D eigenvalue weighted by atomic mass is 35.5. The monoisotopic (exact) mass is 1000 g/mol. The summed E-state index contributed by atoms with van der Waals surface area (Å²) in [6.07, 6.45) is 5.39. The number of hydrogen-bond acceptors (Lipinski definition) is 12. The van der Waals surface area contributed by atoms with Crippen molar-refractivity contribution in [3.63, 3.8) is 0 Å². The van der Waals surface area contributed by atoms with Gasteiger partial charge in [0.2, 0.25) is 11.8 Å². The number of alkyl halides is 6. The van der Waals surface area contributed by atoms with Gasteiger partial charge in [0, 0.05) is 104 Å². The lowest BCUT2D eigenvalue weighted by molar-refractivity contribution is -0.192. The number of rotatable bonds is 16. The molecular formula is C46H51ClF5N9O7S. The van der Waals surface area contributed by atoms with Crippen LogP contribution in [0.2, 0.25) is 0 Å². The molecule has 4 aliphatic heterocycles. The minimum absolute atomic E-state index is 0.130. The summed E-state index contributed by atoms with van der Waals surface area (Å²) in [6.45, 7) is 7.45. The summed E-state index contributed by atoms with van der Waals surface area (Å²) < 4.78 is 62.1. The average Bonchev–Trinajstić information content (AvgIpc) is 3.98. The number of aromatic amines is 1. The van der Waals surface area contributed by atoms with Gasteiger partial charge in [-0.15, -0.1) is 20.5 Å². The van der Waals surface area contributed by atoms with Gasteiger partial charge >= 0.3 is 17.7 Å². The smallest absolute Gasteiger partial charge is 0.475 e. The Labute approximate surface area is 403 Å². The first kappa shape index (κ1) is 51.0. The Morgan fingerprint density at radius 2 is 1.61 bits per heavy atom. The number of carboxylic acids is 1. The number of benzene rings is 2. The highest BCUT2D eigenvalue weighted by Gasteiger charge is 2.40. The third kappa shape index (κ3) is 13.7. The molecule has 0 spiro atoms. The highest BCUT2D eigenvalue weighted by Crippen LogP contribution is 2.36. The summed E-state index contributed by atoms with van der Waals surface area (Å²) in [5.74, 6) is -2.32. The van der Waals surface area contributed by atoms with Crippen molar-refractivity contribution in [1.82, 2.24) is 35.2 Å². The molecule has 0 saturated carbocycles. The van der Waals surface area contributed by atoms with Crippen LogP contribution in [0.1, 0.15) is 77.6 Å². The van der Waals surface area contributed by atoms with E-state index in [0.717, 1.165) is 105 Å². The number of aliphatic carboxylic acids is 1. The van der Waals surface area contributed by atoms with Gasteiger partial charge in [-0.3, -0.25) is 34.5 Å². The number of ether oxygens (including phenoxy) is 1. The van der Waals surface area contributed by atoms with Crippen molar-refractivity contribution < 1.29 is 55.8 Å². The Morgan fingerprint density at radius 1 is 0.899 bits per heavy atom. The first-order chi connectivity index (χ1) is 32.9. The molecule has 1 atom stereocenters. The Balaban J connectivity index is 0.000000933. The predicted molar refractivity (Wildman–Crippen MR) is 246 cm³/mol. The van der Waals surface area contributed by atoms with Crippen molar-refractivity contribution in [2.45, 2.75) is 86.6 Å². The number of carbonyl (C=O) groups excluding carboxylic acids is 4. The van der Waals surface area contributed by atoms with Gasteiger partial charge in [0.05, 0.1) is 11.3 Å². The van der Waals surface area contributed by atoms with E-state index >= 15 is 0 Å². The minimum atomic E-state index is -5.08. The number of pyridine rings is 1. The van der Waals surface area contributed by atoms with Crippen molar-refractivity contribution in [3.05, 3.63) is 83.7 Å². The fourth-order valence-electron chi connectivity index (χ4n) is 8.84. The van der Waals surface area contributed by atoms with E-state index < -0.39 is 29.7 Å². The maximum Gasteiger partial charge on any atom is 0.490 e. The third-order valence-electron chi connectivity index (χ3n) is 12.4. The molecule has 1 unspecified atom stereocenters. The average molecular weight is 1000 g/mol. The molecule has 0 aliphatic carbocycles. The largest absolute Gasteiger partial charge is 0.490 e. The molecule has 4 N–H and O–H groups in total. The number of thioether (sulfide) groups is 1. The normalized spacial score (nSPS) is 18.3. The second-order valence-electron chi connectivity index (χ2n) is 16.9. The minimum Gasteiger partial charge on any atom is -0.475 e. The number of H-pyrrole nitrogens is 1. The summed E-state index contributed by atoms with van der Waals surface area (Å²) in [5, 5.41) is 19.4. The number of piperidine rings is 2. The fourth-order valence-corrected chi connectivity index (χ4v) is 10.0. The molecule has 3 saturated heterocycles. The van der Waals surface area contributed by atoms with Crippen molar-refractivity contribution in [2.24, 2.45) is 0 Å². The summed E-state index contributed by atoms with van der Waals surface area (Å²) in [7, 11) is 0. The Bertz CT molecular complexity index is 2450. The number of amides is 4. The molecule has 4 aromatic rings. The first-order valence-corrected chi connectivity index (χ1v) is 23.9. The van der Waals surface area contributed by atoms with E-state index in [-0.39, 0.29) is 29.9 Å². The van der Waals surface area contributed by atoms with E-state index in [1.54, 1.807) is 35.1 Å². The molecule has 4 aliphatic rings. The van der Waals surface area contributed by atoms with Crippen molar-refractivity contribution >= 4 is 64.5 Å². The Kier molecular flexibility index (Phi) is 16.8. The van der Waals surface area contributed by atoms with E-state index in [1.807, 2.05) is 18.2 Å². The molecule has 4 amide bonds. The van der Waals surface area contributed by atoms with Crippen molar-refractivity contribution in [3.8, 4) is 17.0 Å². The second-order valence-corrected chi connectivity index (χ2v) is 18.5. The number of anilines is 2. The molecule has 8 rings (SSSR count). The van der Waals surface area contributed by atoms with Gasteiger partial charge < -0.3 is 29.9 Å². The molecule has 2 aromatic heterocycles. The van der Waals surface area contributed by atoms with Crippen LogP contribution in [0.5, 0.6) is 5.75 Å². The van der Waals surface area contributed by atoms with Crippen LogP contribution >= 0.6 is 23.4 Å². The highest BCUT2D eigenvalue weighted by molar-refractivity contribution is 7.99. The molecule has 0 bridgehead atoms. The molecule has 69 heavy (non-hydrogen) atoms. The molecule has 16 nitrogen and oxygen atoms in total. The number of carbonyl (C=O) groups is 5. The molecule has 6 heterocycles. The number of nitrogens with zero attached hydrogens (tertiary/aromatic N) is 6. The third-order valence-corrected chi connectivity index (χ3v) is 13.6. The quantitative estimate of drug-likeness (QED) is 0.0289. The maximum absolute atomic E-state index is 13.2. The van der Waals surface area contributed by atoms with Crippen LogP contribution in [-0.4, -0.2) is 140 Å². The van der Waals surface area contributed by atoms with Gasteiger partial charge in [-0.1, -0.05) is 18.9 Å². The number of aromatic nitrogens is 3. The molecule has 370 valence electrons. The first-order valence-electron chi connectivity index (χ1n) is 22.5. The number of piperazine rings is 1. The number of halogens is 6. The number of unbranched alkanes of at least 4 members (excludes halogenated alkanes) is 3. The van der Waals surface area contributed by atoms with Crippen LogP contribution in [0.15, 0.2) is 71.9 Å². The van der Waals surface area contributed by atoms with Crippen LogP contribution in [-0.2, 0) is 20.9 Å². The molecular weight excluding hydrogens is 953 g/mol. The van der Waals surface area contributed by atoms with Gasteiger partial charge in [-0.05, 0) is 98.5 Å². The van der Waals surface area contributed by atoms with Crippen LogP contribution in [0.25, 0.3) is 11.3 Å². The Morgan fingerprint density at radius 3 is 2.26 bits per heavy atom. The van der Waals surface area contributed by atoms with Crippen molar-refractivity contribution in [1.29, 1.82) is 0 Å². The van der Waals surface area contributed by atoms with E-state index in [9.17, 15) is 41.1 Å². The van der Waals surface area contributed by atoms with Gasteiger partial charge in [-0.2, -0.15) is 18.3 Å². The summed E-state index contributed by atoms with van der Waals surface area (Å²) >= 11 is 6.63. The zero-order valence-electron chi connectivity index (χ0n) is 37.3. The van der Waals surface area contributed by atoms with Crippen LogP contribution in [0, 0.1) is 0 Å². The fraction of sp³-hybridized carbons (Fsp3) is 0.457. The van der Waals surface area contributed by atoms with Gasteiger partial charge in [0.25, 0.3) is 11.8 Å². The van der Waals surface area contributed by atoms with E-state index in [4.69, 9.17) is 26.5 Å².